The number of anilines is 1. The van der Waals surface area contributed by atoms with Crippen molar-refractivity contribution >= 4 is 17.5 Å². The number of para-hydroxylation sites is 1. The first kappa shape index (κ1) is 18.1. The Balaban J connectivity index is 1.60. The van der Waals surface area contributed by atoms with Crippen molar-refractivity contribution in [2.45, 2.75) is 19.4 Å². The van der Waals surface area contributed by atoms with Crippen molar-refractivity contribution in [3.05, 3.63) is 65.7 Å². The summed E-state index contributed by atoms with van der Waals surface area (Å²) in [4.78, 5) is 26.5. The number of carbonyl (C=O) groups excluding carboxylic acids is 2. The summed E-state index contributed by atoms with van der Waals surface area (Å²) in [5.41, 5.74) is 3.02. The summed E-state index contributed by atoms with van der Waals surface area (Å²) in [6.07, 6.45) is 0.0328. The highest BCUT2D eigenvalue weighted by Gasteiger charge is 2.35. The number of carbonyl (C=O) groups is 2. The highest BCUT2D eigenvalue weighted by Crippen LogP contribution is 2.25. The summed E-state index contributed by atoms with van der Waals surface area (Å²) in [7, 11) is 1.64. The molecule has 0 spiro atoms. The maximum Gasteiger partial charge on any atom is 0.227 e. The highest BCUT2D eigenvalue weighted by molar-refractivity contribution is 6.00. The Labute approximate surface area is 154 Å². The first-order valence-corrected chi connectivity index (χ1v) is 8.81. The molecule has 0 radical (unpaired) electrons. The van der Waals surface area contributed by atoms with E-state index in [1.807, 2.05) is 61.5 Å². The molecule has 26 heavy (non-hydrogen) atoms. The summed E-state index contributed by atoms with van der Waals surface area (Å²) in [5, 5.41) is 2.95. The van der Waals surface area contributed by atoms with Gasteiger partial charge in [-0.05, 0) is 30.2 Å². The van der Waals surface area contributed by atoms with E-state index >= 15 is 0 Å². The molecule has 1 N–H and O–H groups in total. The molecule has 0 bridgehead atoms. The van der Waals surface area contributed by atoms with Crippen LogP contribution in [0, 0.1) is 12.8 Å². The van der Waals surface area contributed by atoms with Crippen LogP contribution in [0.1, 0.15) is 23.7 Å². The predicted octanol–water partition coefficient (Wildman–Crippen LogP) is 2.85. The van der Waals surface area contributed by atoms with E-state index in [4.69, 9.17) is 4.74 Å². The fourth-order valence-corrected chi connectivity index (χ4v) is 3.35. The van der Waals surface area contributed by atoms with Crippen LogP contribution in [0.4, 0.5) is 5.69 Å². The van der Waals surface area contributed by atoms with Crippen LogP contribution in [0.3, 0.4) is 0 Å². The summed E-state index contributed by atoms with van der Waals surface area (Å²) < 4.78 is 5.55. The number of hydrogen-bond acceptors (Lipinski definition) is 3. The van der Waals surface area contributed by atoms with Gasteiger partial charge in [-0.1, -0.05) is 42.5 Å². The lowest BCUT2D eigenvalue weighted by atomic mass is 10.0. The van der Waals surface area contributed by atoms with Gasteiger partial charge in [0.2, 0.25) is 11.8 Å². The fraction of sp³-hybridized carbons (Fsp3) is 0.333. The van der Waals surface area contributed by atoms with Gasteiger partial charge in [-0.3, -0.25) is 9.59 Å². The van der Waals surface area contributed by atoms with Crippen LogP contribution in [0.5, 0.6) is 0 Å². The third kappa shape index (κ3) is 3.94. The number of rotatable bonds is 6. The van der Waals surface area contributed by atoms with Gasteiger partial charge in [0, 0.05) is 32.3 Å². The van der Waals surface area contributed by atoms with Gasteiger partial charge in [0.1, 0.15) is 0 Å². The van der Waals surface area contributed by atoms with E-state index in [9.17, 15) is 9.59 Å². The summed E-state index contributed by atoms with van der Waals surface area (Å²) >= 11 is 0. The quantitative estimate of drug-likeness (QED) is 0.870. The zero-order valence-corrected chi connectivity index (χ0v) is 15.1. The molecule has 1 fully saturated rings. The topological polar surface area (TPSA) is 58.6 Å². The Morgan fingerprint density at radius 1 is 1.19 bits per heavy atom. The summed E-state index contributed by atoms with van der Waals surface area (Å²) in [5.74, 6) is -0.456. The van der Waals surface area contributed by atoms with E-state index < -0.39 is 0 Å². The number of amides is 2. The van der Waals surface area contributed by atoms with Crippen molar-refractivity contribution in [3.63, 3.8) is 0 Å². The molecular weight excluding hydrogens is 328 g/mol. The SMILES string of the molecule is COC(CNC(=O)C1CC(=O)N(c2ccccc2)C1)c1ccccc1C. The van der Waals surface area contributed by atoms with Crippen LogP contribution in [-0.2, 0) is 14.3 Å². The lowest BCUT2D eigenvalue weighted by Gasteiger charge is -2.20. The first-order chi connectivity index (χ1) is 12.6. The molecule has 1 aliphatic heterocycles. The fourth-order valence-electron chi connectivity index (χ4n) is 3.35. The Morgan fingerprint density at radius 2 is 1.88 bits per heavy atom. The van der Waals surface area contributed by atoms with Gasteiger partial charge in [0.15, 0.2) is 0 Å². The lowest BCUT2D eigenvalue weighted by Crippen LogP contribution is -2.35. The molecule has 5 nitrogen and oxygen atoms in total. The zero-order chi connectivity index (χ0) is 18.5. The average molecular weight is 352 g/mol. The van der Waals surface area contributed by atoms with Crippen molar-refractivity contribution in [1.29, 1.82) is 0 Å². The molecule has 3 rings (SSSR count). The van der Waals surface area contributed by atoms with Crippen molar-refractivity contribution < 1.29 is 14.3 Å². The third-order valence-electron chi connectivity index (χ3n) is 4.85. The second kappa shape index (κ2) is 8.15. The van der Waals surface area contributed by atoms with E-state index in [0.29, 0.717) is 13.1 Å². The monoisotopic (exact) mass is 352 g/mol. The average Bonchev–Trinajstić information content (AvgIpc) is 3.06. The largest absolute Gasteiger partial charge is 0.375 e. The normalized spacial score (nSPS) is 18.0. The summed E-state index contributed by atoms with van der Waals surface area (Å²) in [6.45, 7) is 2.82. The molecule has 0 saturated carbocycles. The molecule has 1 saturated heterocycles. The summed E-state index contributed by atoms with van der Waals surface area (Å²) in [6, 6.07) is 17.4. The maximum absolute atomic E-state index is 12.6. The van der Waals surface area contributed by atoms with Crippen LogP contribution in [0.15, 0.2) is 54.6 Å². The minimum Gasteiger partial charge on any atom is -0.375 e. The Kier molecular flexibility index (Phi) is 5.68. The van der Waals surface area contributed by atoms with Crippen molar-refractivity contribution in [3.8, 4) is 0 Å². The van der Waals surface area contributed by atoms with Crippen molar-refractivity contribution in [1.82, 2.24) is 5.32 Å². The molecule has 1 heterocycles. The van der Waals surface area contributed by atoms with Gasteiger partial charge in [0.25, 0.3) is 0 Å². The van der Waals surface area contributed by atoms with E-state index in [2.05, 4.69) is 5.32 Å². The van der Waals surface area contributed by atoms with Gasteiger partial charge in [0.05, 0.1) is 12.0 Å². The number of benzene rings is 2. The van der Waals surface area contributed by atoms with Crippen molar-refractivity contribution in [2.75, 3.05) is 25.1 Å². The van der Waals surface area contributed by atoms with Crippen LogP contribution >= 0.6 is 0 Å². The van der Waals surface area contributed by atoms with Gasteiger partial charge < -0.3 is 15.0 Å². The van der Waals surface area contributed by atoms with Crippen LogP contribution in [0.25, 0.3) is 0 Å². The minimum absolute atomic E-state index is 0.0152. The maximum atomic E-state index is 12.6. The number of ether oxygens (including phenoxy) is 1. The number of nitrogens with one attached hydrogen (secondary N) is 1. The van der Waals surface area contributed by atoms with Crippen LogP contribution in [0.2, 0.25) is 0 Å². The molecular formula is C21H24N2O3. The molecule has 2 amide bonds. The zero-order valence-electron chi connectivity index (χ0n) is 15.1. The molecule has 2 aromatic rings. The number of methoxy groups -OCH3 is 1. The molecule has 2 unspecified atom stereocenters. The van der Waals surface area contributed by atoms with Crippen LogP contribution in [-0.4, -0.2) is 32.0 Å². The second-order valence-corrected chi connectivity index (χ2v) is 6.57. The van der Waals surface area contributed by atoms with Gasteiger partial charge in [-0.15, -0.1) is 0 Å². The lowest BCUT2D eigenvalue weighted by molar-refractivity contribution is -0.126. The van der Waals surface area contributed by atoms with Gasteiger partial charge in [-0.25, -0.2) is 0 Å². The minimum atomic E-state index is -0.336. The van der Waals surface area contributed by atoms with Crippen molar-refractivity contribution in [2.24, 2.45) is 5.92 Å². The first-order valence-electron chi connectivity index (χ1n) is 8.81. The third-order valence-corrected chi connectivity index (χ3v) is 4.85. The van der Waals surface area contributed by atoms with Crippen LogP contribution < -0.4 is 10.2 Å². The Morgan fingerprint density at radius 3 is 2.58 bits per heavy atom. The molecule has 5 heteroatoms. The smallest absolute Gasteiger partial charge is 0.227 e. The standard InChI is InChI=1S/C21H24N2O3/c1-15-8-6-7-11-18(15)19(26-2)13-22-21(25)16-12-20(24)23(14-16)17-9-4-3-5-10-17/h3-11,16,19H,12-14H2,1-2H3,(H,22,25). The number of hydrogen-bond donors (Lipinski definition) is 1. The van der Waals surface area contributed by atoms with Gasteiger partial charge >= 0.3 is 0 Å². The van der Waals surface area contributed by atoms with E-state index in [1.165, 1.54) is 0 Å². The van der Waals surface area contributed by atoms with Gasteiger partial charge in [-0.2, -0.15) is 0 Å². The Bertz CT molecular complexity index is 776. The molecule has 0 aliphatic carbocycles. The molecule has 0 aromatic heterocycles. The molecule has 136 valence electrons. The second-order valence-electron chi connectivity index (χ2n) is 6.57. The highest BCUT2D eigenvalue weighted by atomic mass is 16.5. The molecule has 2 aromatic carbocycles. The van der Waals surface area contributed by atoms with E-state index in [1.54, 1.807) is 12.0 Å². The van der Waals surface area contributed by atoms with E-state index in [0.717, 1.165) is 16.8 Å². The molecule has 1 aliphatic rings. The Hall–Kier alpha value is -2.66. The predicted molar refractivity (Wildman–Crippen MR) is 101 cm³/mol. The van der Waals surface area contributed by atoms with E-state index in [-0.39, 0.29) is 30.3 Å². The number of nitrogens with zero attached hydrogens (tertiary/aromatic N) is 1. The number of aryl methyl sites for hydroxylation is 1. The molecule has 2 atom stereocenters.